The van der Waals surface area contributed by atoms with Gasteiger partial charge in [0, 0.05) is 23.1 Å². The van der Waals surface area contributed by atoms with Crippen molar-refractivity contribution in [1.82, 2.24) is 8.87 Å². The van der Waals surface area contributed by atoms with Crippen molar-refractivity contribution < 1.29 is 26.4 Å². The number of aryl methyl sites for hydroxylation is 1. The van der Waals surface area contributed by atoms with Gasteiger partial charge in [0.2, 0.25) is 5.54 Å². The van der Waals surface area contributed by atoms with Gasteiger partial charge in [-0.2, -0.15) is 13.2 Å². The molecular formula is C26H19F3N2O3S. The second-order valence-electron chi connectivity index (χ2n) is 8.89. The summed E-state index contributed by atoms with van der Waals surface area (Å²) < 4.78 is 75.0. The molecule has 1 aromatic heterocycles. The lowest BCUT2D eigenvalue weighted by atomic mass is 9.80. The average Bonchev–Trinajstić information content (AvgIpc) is 3.31. The van der Waals surface area contributed by atoms with Crippen LogP contribution >= 0.6 is 0 Å². The molecule has 6 rings (SSSR count). The number of aromatic nitrogens is 1. The van der Waals surface area contributed by atoms with Gasteiger partial charge < -0.3 is 4.90 Å². The lowest BCUT2D eigenvalue weighted by molar-refractivity contribution is -0.214. The minimum atomic E-state index is -4.99. The van der Waals surface area contributed by atoms with Crippen LogP contribution in [-0.2, 0) is 22.0 Å². The Balaban J connectivity index is 1.82. The van der Waals surface area contributed by atoms with Gasteiger partial charge in [0.15, 0.2) is 0 Å². The Morgan fingerprint density at radius 2 is 1.57 bits per heavy atom. The van der Waals surface area contributed by atoms with E-state index in [1.54, 1.807) is 37.3 Å². The van der Waals surface area contributed by atoms with Crippen molar-refractivity contribution in [3.63, 3.8) is 0 Å². The lowest BCUT2D eigenvalue weighted by Crippen LogP contribution is -2.59. The molecule has 0 saturated heterocycles. The fourth-order valence-electron chi connectivity index (χ4n) is 5.58. The van der Waals surface area contributed by atoms with E-state index in [0.29, 0.717) is 5.39 Å². The number of halogens is 3. The molecule has 3 heterocycles. The quantitative estimate of drug-likeness (QED) is 0.392. The highest BCUT2D eigenvalue weighted by molar-refractivity contribution is 7.90. The van der Waals surface area contributed by atoms with Crippen LogP contribution in [0.4, 0.5) is 13.2 Å². The number of alkyl halides is 3. The summed E-state index contributed by atoms with van der Waals surface area (Å²) >= 11 is 0. The standard InChI is InChI=1S/C26H19F3N2O3S/c1-16-10-12-17(13-11-16)35(33,34)31-22-9-5-3-6-18(22)19-14-15-30-24(32)20-7-2-4-8-21(20)25(30,23(19)31)26(27,28)29/h2-13H,14-15H2,1H3. The number of rotatable bonds is 2. The summed E-state index contributed by atoms with van der Waals surface area (Å²) in [7, 11) is -4.46. The van der Waals surface area contributed by atoms with Crippen molar-refractivity contribution in [1.29, 1.82) is 0 Å². The predicted octanol–water partition coefficient (Wildman–Crippen LogP) is 5.00. The predicted molar refractivity (Wildman–Crippen MR) is 124 cm³/mol. The van der Waals surface area contributed by atoms with E-state index in [1.165, 1.54) is 42.5 Å². The van der Waals surface area contributed by atoms with Gasteiger partial charge in [0.05, 0.1) is 16.1 Å². The number of para-hydroxylation sites is 1. The Kier molecular flexibility index (Phi) is 4.37. The van der Waals surface area contributed by atoms with Crippen LogP contribution < -0.4 is 0 Å². The number of nitrogens with zero attached hydrogens (tertiary/aromatic N) is 2. The average molecular weight is 497 g/mol. The molecule has 1 unspecified atom stereocenters. The molecule has 0 fully saturated rings. The highest BCUT2D eigenvalue weighted by Gasteiger charge is 2.70. The maximum absolute atomic E-state index is 15.4. The van der Waals surface area contributed by atoms with Gasteiger partial charge in [-0.3, -0.25) is 4.79 Å². The van der Waals surface area contributed by atoms with Crippen molar-refractivity contribution in [2.45, 2.75) is 30.0 Å². The molecule has 0 aliphatic carbocycles. The van der Waals surface area contributed by atoms with Crippen LogP contribution in [0.3, 0.4) is 0 Å². The maximum Gasteiger partial charge on any atom is 0.421 e. The van der Waals surface area contributed by atoms with Crippen LogP contribution in [-0.4, -0.2) is 35.9 Å². The summed E-state index contributed by atoms with van der Waals surface area (Å²) in [6.45, 7) is 1.61. The van der Waals surface area contributed by atoms with Gasteiger partial charge in [0.1, 0.15) is 0 Å². The van der Waals surface area contributed by atoms with E-state index < -0.39 is 33.3 Å². The fraction of sp³-hybridized carbons (Fsp3) is 0.192. The second-order valence-corrected chi connectivity index (χ2v) is 10.7. The molecule has 0 radical (unpaired) electrons. The number of benzene rings is 3. The summed E-state index contributed by atoms with van der Waals surface area (Å²) in [4.78, 5) is 13.9. The molecular weight excluding hydrogens is 477 g/mol. The van der Waals surface area contributed by atoms with E-state index in [9.17, 15) is 13.2 Å². The summed E-state index contributed by atoms with van der Waals surface area (Å²) in [6.07, 6.45) is -4.89. The number of carbonyl (C=O) groups excluding carboxylic acids is 1. The Bertz CT molecular complexity index is 1640. The van der Waals surface area contributed by atoms with Crippen LogP contribution in [0.1, 0.15) is 32.7 Å². The molecule has 178 valence electrons. The smallest absolute Gasteiger partial charge is 0.315 e. The summed E-state index contributed by atoms with van der Waals surface area (Å²) in [5.74, 6) is -0.756. The first-order chi connectivity index (χ1) is 16.6. The number of amides is 1. The molecule has 9 heteroatoms. The lowest BCUT2D eigenvalue weighted by Gasteiger charge is -2.44. The third-order valence-electron chi connectivity index (χ3n) is 7.03. The Morgan fingerprint density at radius 3 is 2.29 bits per heavy atom. The highest BCUT2D eigenvalue weighted by Crippen LogP contribution is 2.58. The van der Waals surface area contributed by atoms with Crippen LogP contribution in [0.5, 0.6) is 0 Å². The molecule has 2 aliphatic heterocycles. The first-order valence-electron chi connectivity index (χ1n) is 11.0. The van der Waals surface area contributed by atoms with Crippen molar-refractivity contribution in [2.75, 3.05) is 6.54 Å². The molecule has 1 atom stereocenters. The largest absolute Gasteiger partial charge is 0.421 e. The zero-order valence-electron chi connectivity index (χ0n) is 18.5. The fourth-order valence-corrected chi connectivity index (χ4v) is 7.17. The maximum atomic E-state index is 15.4. The van der Waals surface area contributed by atoms with E-state index >= 15 is 13.2 Å². The van der Waals surface area contributed by atoms with E-state index in [-0.39, 0.29) is 40.1 Å². The van der Waals surface area contributed by atoms with Gasteiger partial charge in [-0.05, 0) is 43.2 Å². The van der Waals surface area contributed by atoms with Crippen LogP contribution in [0.2, 0.25) is 0 Å². The molecule has 0 saturated carbocycles. The normalized spacial score (nSPS) is 19.5. The second kappa shape index (κ2) is 6.97. The molecule has 35 heavy (non-hydrogen) atoms. The molecule has 0 N–H and O–H groups in total. The van der Waals surface area contributed by atoms with Crippen LogP contribution in [0.25, 0.3) is 10.9 Å². The third kappa shape index (κ3) is 2.64. The number of hydrogen-bond acceptors (Lipinski definition) is 3. The number of fused-ring (bicyclic) bond motifs is 7. The molecule has 0 bridgehead atoms. The van der Waals surface area contributed by atoms with Gasteiger partial charge in [0.25, 0.3) is 15.9 Å². The van der Waals surface area contributed by atoms with Gasteiger partial charge in [-0.25, -0.2) is 12.4 Å². The zero-order valence-corrected chi connectivity index (χ0v) is 19.3. The molecule has 2 aliphatic rings. The summed E-state index contributed by atoms with van der Waals surface area (Å²) in [5, 5.41) is 0.429. The Labute approximate surface area is 199 Å². The van der Waals surface area contributed by atoms with Gasteiger partial charge >= 0.3 is 6.18 Å². The minimum absolute atomic E-state index is 0.0674. The molecule has 3 aromatic carbocycles. The topological polar surface area (TPSA) is 59.4 Å². The van der Waals surface area contributed by atoms with Crippen LogP contribution in [0, 0.1) is 6.92 Å². The molecule has 5 nitrogen and oxygen atoms in total. The van der Waals surface area contributed by atoms with E-state index in [2.05, 4.69) is 0 Å². The first kappa shape index (κ1) is 21.9. The summed E-state index contributed by atoms with van der Waals surface area (Å²) in [5.41, 5.74) is -2.42. The minimum Gasteiger partial charge on any atom is -0.315 e. The van der Waals surface area contributed by atoms with Gasteiger partial charge in [-0.15, -0.1) is 0 Å². The zero-order chi connectivity index (χ0) is 24.8. The van der Waals surface area contributed by atoms with Crippen molar-refractivity contribution in [3.05, 3.63) is 101 Å². The molecule has 4 aromatic rings. The molecule has 0 spiro atoms. The van der Waals surface area contributed by atoms with Crippen molar-refractivity contribution >= 4 is 26.8 Å². The highest BCUT2D eigenvalue weighted by atomic mass is 32.2. The third-order valence-corrected chi connectivity index (χ3v) is 8.76. The van der Waals surface area contributed by atoms with Crippen molar-refractivity contribution in [2.24, 2.45) is 0 Å². The SMILES string of the molecule is Cc1ccc(S(=O)(=O)n2c3c(c4ccccc42)CCN2C(=O)c4ccccc4C32C(F)(F)F)cc1. The van der Waals surface area contributed by atoms with E-state index in [0.717, 1.165) is 14.4 Å². The number of carbonyl (C=O) groups is 1. The first-order valence-corrected chi connectivity index (χ1v) is 12.5. The van der Waals surface area contributed by atoms with Crippen molar-refractivity contribution in [3.8, 4) is 0 Å². The van der Waals surface area contributed by atoms with E-state index in [1.807, 2.05) is 0 Å². The van der Waals surface area contributed by atoms with Gasteiger partial charge in [-0.1, -0.05) is 54.1 Å². The Morgan fingerprint density at radius 1 is 0.914 bits per heavy atom. The number of hydrogen-bond donors (Lipinski definition) is 0. The summed E-state index contributed by atoms with van der Waals surface area (Å²) in [6, 6.07) is 18.0. The van der Waals surface area contributed by atoms with Crippen LogP contribution in [0.15, 0.2) is 77.7 Å². The Hall–Kier alpha value is -3.59. The monoisotopic (exact) mass is 496 g/mol. The molecule has 1 amide bonds. The van der Waals surface area contributed by atoms with E-state index in [4.69, 9.17) is 0 Å².